The van der Waals surface area contributed by atoms with Crippen molar-refractivity contribution in [2.24, 2.45) is 0 Å². The maximum atomic E-state index is 12.4. The molecule has 21 heavy (non-hydrogen) atoms. The number of sulfone groups is 1. The number of amides is 1. The Balaban J connectivity index is 2.31. The molecule has 0 aliphatic carbocycles. The first-order chi connectivity index (χ1) is 9.70. The molecule has 0 saturated carbocycles. The van der Waals surface area contributed by atoms with Crippen molar-refractivity contribution in [1.82, 2.24) is 9.88 Å². The van der Waals surface area contributed by atoms with E-state index >= 15 is 0 Å². The van der Waals surface area contributed by atoms with Gasteiger partial charge in [-0.05, 0) is 18.6 Å². The molecule has 0 aromatic carbocycles. The van der Waals surface area contributed by atoms with Gasteiger partial charge in [0.2, 0.25) is 0 Å². The van der Waals surface area contributed by atoms with Crippen molar-refractivity contribution in [3.8, 4) is 0 Å². The number of rotatable bonds is 4. The van der Waals surface area contributed by atoms with Crippen molar-refractivity contribution in [3.63, 3.8) is 0 Å². The number of hydrogen-bond donors (Lipinski definition) is 1. The quantitative estimate of drug-likeness (QED) is 0.913. The van der Waals surface area contributed by atoms with Gasteiger partial charge in [-0.25, -0.2) is 13.4 Å². The van der Waals surface area contributed by atoms with Crippen molar-refractivity contribution in [2.75, 3.05) is 31.3 Å². The molecule has 0 aliphatic rings. The van der Waals surface area contributed by atoms with Crippen molar-refractivity contribution in [1.29, 1.82) is 0 Å². The first-order valence-electron chi connectivity index (χ1n) is 6.27. The summed E-state index contributed by atoms with van der Waals surface area (Å²) >= 11 is 1.23. The van der Waals surface area contributed by atoms with Crippen LogP contribution in [0.15, 0.2) is 12.3 Å². The summed E-state index contributed by atoms with van der Waals surface area (Å²) in [7, 11) is -1.54. The van der Waals surface area contributed by atoms with Crippen molar-refractivity contribution < 1.29 is 13.2 Å². The molecule has 2 aromatic heterocycles. The Kier molecular flexibility index (Phi) is 4.20. The van der Waals surface area contributed by atoms with Gasteiger partial charge in [0.15, 0.2) is 0 Å². The number of nitrogen functional groups attached to an aromatic ring is 1. The molecule has 2 heterocycles. The van der Waals surface area contributed by atoms with Gasteiger partial charge in [0.25, 0.3) is 5.91 Å². The van der Waals surface area contributed by atoms with Gasteiger partial charge in [0, 0.05) is 31.4 Å². The highest BCUT2D eigenvalue weighted by molar-refractivity contribution is 7.90. The molecule has 2 N–H and O–H groups in total. The van der Waals surface area contributed by atoms with Crippen LogP contribution in [0.3, 0.4) is 0 Å². The van der Waals surface area contributed by atoms with E-state index in [1.807, 2.05) is 13.0 Å². The minimum Gasteiger partial charge on any atom is -0.397 e. The fourth-order valence-electron chi connectivity index (χ4n) is 1.94. The van der Waals surface area contributed by atoms with Crippen LogP contribution in [-0.2, 0) is 9.84 Å². The van der Waals surface area contributed by atoms with Crippen LogP contribution in [-0.4, -0.2) is 49.8 Å². The summed E-state index contributed by atoms with van der Waals surface area (Å²) in [5, 5.41) is 0.794. The number of thiophene rings is 1. The standard InChI is InChI=1S/C13H17N3O3S2/c1-8-4-5-15-12-9(8)10(14)11(20-12)13(17)16(2)6-7-21(3,18)19/h4-5H,6-7,14H2,1-3H3. The smallest absolute Gasteiger partial charge is 0.265 e. The number of hydrogen-bond acceptors (Lipinski definition) is 6. The van der Waals surface area contributed by atoms with Crippen molar-refractivity contribution in [3.05, 3.63) is 22.7 Å². The molecular formula is C13H17N3O3S2. The maximum Gasteiger partial charge on any atom is 0.265 e. The summed E-state index contributed by atoms with van der Waals surface area (Å²) in [4.78, 5) is 19.1. The maximum absolute atomic E-state index is 12.4. The van der Waals surface area contributed by atoms with E-state index in [9.17, 15) is 13.2 Å². The Morgan fingerprint density at radius 3 is 2.71 bits per heavy atom. The SMILES string of the molecule is Cc1ccnc2sc(C(=O)N(C)CCS(C)(=O)=O)c(N)c12. The lowest BCUT2D eigenvalue weighted by Gasteiger charge is -2.15. The molecule has 0 fully saturated rings. The van der Waals surface area contributed by atoms with E-state index in [-0.39, 0.29) is 18.2 Å². The topological polar surface area (TPSA) is 93.4 Å². The Bertz CT molecular complexity index is 796. The minimum atomic E-state index is -3.11. The van der Waals surface area contributed by atoms with E-state index in [2.05, 4.69) is 4.98 Å². The molecule has 2 rings (SSSR count). The number of nitrogens with zero attached hydrogens (tertiary/aromatic N) is 2. The lowest BCUT2D eigenvalue weighted by Crippen LogP contribution is -2.31. The van der Waals surface area contributed by atoms with E-state index in [4.69, 9.17) is 5.73 Å². The summed E-state index contributed by atoms with van der Waals surface area (Å²) in [5.41, 5.74) is 7.44. The molecule has 114 valence electrons. The van der Waals surface area contributed by atoms with Gasteiger partial charge < -0.3 is 10.6 Å². The lowest BCUT2D eigenvalue weighted by atomic mass is 10.1. The summed E-state index contributed by atoms with van der Waals surface area (Å²) < 4.78 is 22.4. The van der Waals surface area contributed by atoms with Gasteiger partial charge >= 0.3 is 0 Å². The Labute approximate surface area is 127 Å². The summed E-state index contributed by atoms with van der Waals surface area (Å²) in [6.45, 7) is 2.05. The van der Waals surface area contributed by atoms with Crippen LogP contribution in [0.5, 0.6) is 0 Å². The van der Waals surface area contributed by atoms with E-state index < -0.39 is 9.84 Å². The second-order valence-corrected chi connectivity index (χ2v) is 8.27. The predicted molar refractivity (Wildman–Crippen MR) is 85.4 cm³/mol. The van der Waals surface area contributed by atoms with Gasteiger partial charge in [0.1, 0.15) is 19.5 Å². The number of aryl methyl sites for hydroxylation is 1. The lowest BCUT2D eigenvalue weighted by molar-refractivity contribution is 0.0809. The molecule has 1 amide bonds. The molecule has 0 bridgehead atoms. The minimum absolute atomic E-state index is 0.0721. The summed E-state index contributed by atoms with van der Waals surface area (Å²) in [6, 6.07) is 1.84. The molecule has 0 spiro atoms. The van der Waals surface area contributed by atoms with Crippen LogP contribution in [0.4, 0.5) is 5.69 Å². The average molecular weight is 327 g/mol. The third-order valence-corrected chi connectivity index (χ3v) is 5.20. The number of nitrogens with two attached hydrogens (primary N) is 1. The summed E-state index contributed by atoms with van der Waals surface area (Å²) in [5.74, 6) is -0.351. The number of carbonyl (C=O) groups is 1. The highest BCUT2D eigenvalue weighted by Crippen LogP contribution is 2.34. The predicted octanol–water partition coefficient (Wildman–Crippen LogP) is 1.30. The van der Waals surface area contributed by atoms with Crippen molar-refractivity contribution >= 4 is 43.0 Å². The molecule has 0 unspecified atom stereocenters. The van der Waals surface area contributed by atoms with Crippen LogP contribution in [0.2, 0.25) is 0 Å². The number of aromatic nitrogens is 1. The first kappa shape index (κ1) is 15.7. The normalized spacial score (nSPS) is 11.8. The highest BCUT2D eigenvalue weighted by Gasteiger charge is 2.21. The van der Waals surface area contributed by atoms with Crippen LogP contribution in [0.1, 0.15) is 15.2 Å². The second-order valence-electron chi connectivity index (χ2n) is 5.01. The third-order valence-electron chi connectivity index (χ3n) is 3.18. The first-order valence-corrected chi connectivity index (χ1v) is 9.15. The average Bonchev–Trinajstić information content (AvgIpc) is 2.73. The Morgan fingerprint density at radius 1 is 1.48 bits per heavy atom. The fraction of sp³-hybridized carbons (Fsp3) is 0.385. The van der Waals surface area contributed by atoms with Gasteiger partial charge in [-0.15, -0.1) is 11.3 Å². The number of fused-ring (bicyclic) bond motifs is 1. The van der Waals surface area contributed by atoms with Crippen LogP contribution in [0, 0.1) is 6.92 Å². The zero-order valence-corrected chi connectivity index (χ0v) is 13.7. The van der Waals surface area contributed by atoms with Gasteiger partial charge in [-0.2, -0.15) is 0 Å². The van der Waals surface area contributed by atoms with E-state index in [1.54, 1.807) is 13.2 Å². The molecule has 8 heteroatoms. The Morgan fingerprint density at radius 2 is 2.14 bits per heavy atom. The molecule has 0 saturated heterocycles. The van der Waals surface area contributed by atoms with Crippen LogP contribution < -0.4 is 5.73 Å². The molecule has 2 aromatic rings. The van der Waals surface area contributed by atoms with Crippen molar-refractivity contribution in [2.45, 2.75) is 6.92 Å². The molecule has 0 aliphatic heterocycles. The van der Waals surface area contributed by atoms with Crippen LogP contribution >= 0.6 is 11.3 Å². The largest absolute Gasteiger partial charge is 0.397 e. The number of anilines is 1. The molecule has 0 radical (unpaired) electrons. The van der Waals surface area contributed by atoms with E-state index in [1.165, 1.54) is 16.2 Å². The van der Waals surface area contributed by atoms with Gasteiger partial charge in [0.05, 0.1) is 11.4 Å². The molecule has 0 atom stereocenters. The van der Waals surface area contributed by atoms with Gasteiger partial charge in [-0.3, -0.25) is 4.79 Å². The zero-order valence-electron chi connectivity index (χ0n) is 12.1. The van der Waals surface area contributed by atoms with Crippen LogP contribution in [0.25, 0.3) is 10.2 Å². The fourth-order valence-corrected chi connectivity index (χ4v) is 3.68. The third kappa shape index (κ3) is 3.33. The van der Waals surface area contributed by atoms with E-state index in [0.29, 0.717) is 15.4 Å². The number of pyridine rings is 1. The highest BCUT2D eigenvalue weighted by atomic mass is 32.2. The molecular weight excluding hydrogens is 310 g/mol. The Hall–Kier alpha value is -1.67. The zero-order chi connectivity index (χ0) is 15.8. The molecule has 6 nitrogen and oxygen atoms in total. The summed E-state index contributed by atoms with van der Waals surface area (Å²) in [6.07, 6.45) is 2.82. The van der Waals surface area contributed by atoms with Gasteiger partial charge in [-0.1, -0.05) is 0 Å². The second kappa shape index (κ2) is 5.61. The number of carbonyl (C=O) groups excluding carboxylic acids is 1. The monoisotopic (exact) mass is 327 g/mol. The van der Waals surface area contributed by atoms with E-state index in [0.717, 1.165) is 17.2 Å².